The minimum absolute atomic E-state index is 0.206. The minimum atomic E-state index is -0.998. The summed E-state index contributed by atoms with van der Waals surface area (Å²) < 4.78 is 0.733. The number of carbonyl (C=O) groups excluding carboxylic acids is 1. The molecule has 6 heteroatoms. The average Bonchev–Trinajstić information content (AvgIpc) is 2.42. The van der Waals surface area contributed by atoms with Crippen molar-refractivity contribution in [3.8, 4) is 0 Å². The largest absolute Gasteiger partial charge is 0.478 e. The zero-order valence-corrected chi connectivity index (χ0v) is 12.8. The molecular formula is C15H13BrN2O3. The van der Waals surface area contributed by atoms with Crippen LogP contribution in [-0.2, 0) is 0 Å². The Hall–Kier alpha value is -2.34. The van der Waals surface area contributed by atoms with Crippen LogP contribution in [0.3, 0.4) is 0 Å². The summed E-state index contributed by atoms with van der Waals surface area (Å²) in [6, 6.07) is 10.0. The van der Waals surface area contributed by atoms with Crippen LogP contribution < -0.4 is 11.1 Å². The van der Waals surface area contributed by atoms with Crippen LogP contribution >= 0.6 is 15.9 Å². The van der Waals surface area contributed by atoms with Gasteiger partial charge in [-0.15, -0.1) is 0 Å². The topological polar surface area (TPSA) is 92.4 Å². The summed E-state index contributed by atoms with van der Waals surface area (Å²) in [6.07, 6.45) is 0. The van der Waals surface area contributed by atoms with Gasteiger partial charge in [0, 0.05) is 10.2 Å². The van der Waals surface area contributed by atoms with Crippen molar-refractivity contribution in [1.82, 2.24) is 0 Å². The van der Waals surface area contributed by atoms with E-state index < -0.39 is 11.9 Å². The van der Waals surface area contributed by atoms with Crippen molar-refractivity contribution < 1.29 is 14.7 Å². The number of carboxylic acid groups (broad SMARTS) is 1. The third-order valence-electron chi connectivity index (χ3n) is 2.99. The van der Waals surface area contributed by atoms with Gasteiger partial charge in [0.15, 0.2) is 0 Å². The number of primary amides is 1. The molecule has 0 aromatic heterocycles. The molecule has 108 valence electrons. The third-order valence-corrected chi connectivity index (χ3v) is 3.49. The van der Waals surface area contributed by atoms with Crippen LogP contribution in [-0.4, -0.2) is 17.0 Å². The van der Waals surface area contributed by atoms with E-state index in [1.807, 2.05) is 0 Å². The number of rotatable bonds is 4. The van der Waals surface area contributed by atoms with Gasteiger partial charge in [-0.25, -0.2) is 4.79 Å². The second-order valence-corrected chi connectivity index (χ2v) is 5.43. The molecule has 21 heavy (non-hydrogen) atoms. The summed E-state index contributed by atoms with van der Waals surface area (Å²) >= 11 is 3.28. The van der Waals surface area contributed by atoms with Crippen LogP contribution in [0.1, 0.15) is 26.3 Å². The number of hydrogen-bond acceptors (Lipinski definition) is 3. The van der Waals surface area contributed by atoms with E-state index in [1.54, 1.807) is 37.3 Å². The second kappa shape index (κ2) is 5.97. The highest BCUT2D eigenvalue weighted by Crippen LogP contribution is 2.25. The van der Waals surface area contributed by atoms with E-state index in [0.29, 0.717) is 22.5 Å². The number of nitrogens with two attached hydrogens (primary N) is 1. The van der Waals surface area contributed by atoms with Crippen molar-refractivity contribution in [2.24, 2.45) is 5.73 Å². The maximum atomic E-state index is 11.5. The number of halogens is 1. The molecule has 0 aliphatic rings. The van der Waals surface area contributed by atoms with Gasteiger partial charge < -0.3 is 16.2 Å². The quantitative estimate of drug-likeness (QED) is 0.790. The highest BCUT2D eigenvalue weighted by atomic mass is 79.9. The fourth-order valence-electron chi connectivity index (χ4n) is 1.92. The van der Waals surface area contributed by atoms with E-state index >= 15 is 0 Å². The highest BCUT2D eigenvalue weighted by Gasteiger charge is 2.11. The highest BCUT2D eigenvalue weighted by molar-refractivity contribution is 9.10. The fourth-order valence-corrected chi connectivity index (χ4v) is 2.28. The fraction of sp³-hybridized carbons (Fsp3) is 0.0667. The molecule has 1 amide bonds. The van der Waals surface area contributed by atoms with Crippen LogP contribution in [0.25, 0.3) is 0 Å². The number of nitrogens with one attached hydrogen (secondary N) is 1. The number of hydrogen-bond donors (Lipinski definition) is 3. The average molecular weight is 349 g/mol. The molecule has 0 aliphatic heterocycles. The Labute approximate surface area is 129 Å². The summed E-state index contributed by atoms with van der Waals surface area (Å²) in [4.78, 5) is 22.6. The number of amides is 1. The molecule has 0 heterocycles. The van der Waals surface area contributed by atoms with Crippen LogP contribution in [0, 0.1) is 6.92 Å². The molecule has 0 unspecified atom stereocenters. The van der Waals surface area contributed by atoms with E-state index in [1.165, 1.54) is 6.07 Å². The van der Waals surface area contributed by atoms with Gasteiger partial charge >= 0.3 is 5.97 Å². The maximum Gasteiger partial charge on any atom is 0.336 e. The van der Waals surface area contributed by atoms with Crippen LogP contribution in [0.4, 0.5) is 11.4 Å². The smallest absolute Gasteiger partial charge is 0.336 e. The van der Waals surface area contributed by atoms with Gasteiger partial charge in [0.1, 0.15) is 0 Å². The van der Waals surface area contributed by atoms with Crippen molar-refractivity contribution in [2.75, 3.05) is 5.32 Å². The summed E-state index contributed by atoms with van der Waals surface area (Å²) in [6.45, 7) is 1.72. The predicted molar refractivity (Wildman–Crippen MR) is 84.1 cm³/mol. The van der Waals surface area contributed by atoms with E-state index in [4.69, 9.17) is 10.8 Å². The molecule has 0 bridgehead atoms. The molecule has 0 radical (unpaired) electrons. The molecule has 0 atom stereocenters. The number of benzene rings is 2. The molecule has 5 nitrogen and oxygen atoms in total. The molecular weight excluding hydrogens is 336 g/mol. The van der Waals surface area contributed by atoms with Crippen molar-refractivity contribution in [3.63, 3.8) is 0 Å². The number of carboxylic acids is 1. The molecule has 0 spiro atoms. The molecule has 2 aromatic rings. The Morgan fingerprint density at radius 3 is 2.48 bits per heavy atom. The van der Waals surface area contributed by atoms with Crippen molar-refractivity contribution in [3.05, 3.63) is 57.6 Å². The standard InChI is InChI=1S/C15H13BrN2O3/c1-8-2-4-10(7-11(8)15(20)21)18-13-5-3-9(16)6-12(13)14(17)19/h2-7,18H,1H3,(H2,17,19)(H,20,21). The summed E-state index contributed by atoms with van der Waals surface area (Å²) in [5, 5.41) is 12.1. The first-order valence-electron chi connectivity index (χ1n) is 6.09. The lowest BCUT2D eigenvalue weighted by Crippen LogP contribution is -2.13. The third kappa shape index (κ3) is 3.41. The van der Waals surface area contributed by atoms with Gasteiger partial charge in [-0.3, -0.25) is 4.79 Å². The van der Waals surface area contributed by atoms with Gasteiger partial charge in [-0.2, -0.15) is 0 Å². The lowest BCUT2D eigenvalue weighted by atomic mass is 10.1. The van der Waals surface area contributed by atoms with E-state index in [9.17, 15) is 9.59 Å². The van der Waals surface area contributed by atoms with Crippen LogP contribution in [0.5, 0.6) is 0 Å². The monoisotopic (exact) mass is 348 g/mol. The summed E-state index contributed by atoms with van der Waals surface area (Å²) in [5.41, 5.74) is 7.63. The first kappa shape index (κ1) is 15.1. The molecule has 2 aromatic carbocycles. The Morgan fingerprint density at radius 2 is 1.86 bits per heavy atom. The molecule has 0 aliphatic carbocycles. The van der Waals surface area contributed by atoms with Gasteiger partial charge in [-0.05, 0) is 42.8 Å². The summed E-state index contributed by atoms with van der Waals surface area (Å²) in [7, 11) is 0. The van der Waals surface area contributed by atoms with Gasteiger partial charge in [0.05, 0.1) is 16.8 Å². The Morgan fingerprint density at radius 1 is 1.14 bits per heavy atom. The van der Waals surface area contributed by atoms with Crippen LogP contribution in [0.2, 0.25) is 0 Å². The minimum Gasteiger partial charge on any atom is -0.478 e. The Kier molecular flexibility index (Phi) is 4.28. The van der Waals surface area contributed by atoms with E-state index in [2.05, 4.69) is 21.2 Å². The van der Waals surface area contributed by atoms with Crippen molar-refractivity contribution >= 4 is 39.2 Å². The normalized spacial score (nSPS) is 10.2. The van der Waals surface area contributed by atoms with E-state index in [-0.39, 0.29) is 5.56 Å². The number of aromatic carboxylic acids is 1. The Bertz CT molecular complexity index is 729. The lowest BCUT2D eigenvalue weighted by molar-refractivity contribution is 0.0696. The zero-order chi connectivity index (χ0) is 15.6. The molecule has 0 fully saturated rings. The molecule has 2 rings (SSSR count). The predicted octanol–water partition coefficient (Wildman–Crippen LogP) is 3.30. The second-order valence-electron chi connectivity index (χ2n) is 4.51. The van der Waals surface area contributed by atoms with E-state index in [0.717, 1.165) is 4.47 Å². The first-order chi connectivity index (χ1) is 9.88. The van der Waals surface area contributed by atoms with Crippen molar-refractivity contribution in [1.29, 1.82) is 0 Å². The zero-order valence-electron chi connectivity index (χ0n) is 11.2. The number of aryl methyl sites for hydroxylation is 1. The summed E-state index contributed by atoms with van der Waals surface area (Å²) in [5.74, 6) is -1.56. The SMILES string of the molecule is Cc1ccc(Nc2ccc(Br)cc2C(N)=O)cc1C(=O)O. The number of carbonyl (C=O) groups is 2. The lowest BCUT2D eigenvalue weighted by Gasteiger charge is -2.12. The Balaban J connectivity index is 2.41. The first-order valence-corrected chi connectivity index (χ1v) is 6.88. The van der Waals surface area contributed by atoms with Gasteiger partial charge in [-0.1, -0.05) is 22.0 Å². The van der Waals surface area contributed by atoms with Gasteiger partial charge in [0.25, 0.3) is 5.91 Å². The van der Waals surface area contributed by atoms with Crippen molar-refractivity contribution in [2.45, 2.75) is 6.92 Å². The molecule has 4 N–H and O–H groups in total. The van der Waals surface area contributed by atoms with Crippen LogP contribution in [0.15, 0.2) is 40.9 Å². The molecule has 0 saturated heterocycles. The van der Waals surface area contributed by atoms with Gasteiger partial charge in [0.2, 0.25) is 0 Å². The maximum absolute atomic E-state index is 11.5. The number of anilines is 2. The molecule has 0 saturated carbocycles.